The molecule has 18 heavy (non-hydrogen) atoms. The molecule has 1 amide bonds. The summed E-state index contributed by atoms with van der Waals surface area (Å²) < 4.78 is 5.09. The number of nitrogens with one attached hydrogen (secondary N) is 1. The molecule has 0 bridgehead atoms. The van der Waals surface area contributed by atoms with Crippen LogP contribution in [0.5, 0.6) is 0 Å². The van der Waals surface area contributed by atoms with Crippen LogP contribution in [0.4, 0.5) is 0 Å². The summed E-state index contributed by atoms with van der Waals surface area (Å²) >= 11 is 1.69. The number of amides is 1. The SMILES string of the molecule is COCCN(Cc1cccs1)C(=O)[C@H]1CCCN1. The van der Waals surface area contributed by atoms with Crippen LogP contribution in [0.1, 0.15) is 17.7 Å². The van der Waals surface area contributed by atoms with Gasteiger partial charge in [-0.2, -0.15) is 0 Å². The highest BCUT2D eigenvalue weighted by Crippen LogP contribution is 2.15. The number of thiophene rings is 1. The van der Waals surface area contributed by atoms with Crippen molar-refractivity contribution >= 4 is 17.2 Å². The van der Waals surface area contributed by atoms with Gasteiger partial charge in [-0.05, 0) is 30.8 Å². The molecule has 4 nitrogen and oxygen atoms in total. The van der Waals surface area contributed by atoms with Crippen LogP contribution in [0, 0.1) is 0 Å². The average molecular weight is 268 g/mol. The van der Waals surface area contributed by atoms with Crippen LogP contribution in [0.15, 0.2) is 17.5 Å². The molecule has 0 radical (unpaired) electrons. The van der Waals surface area contributed by atoms with E-state index in [9.17, 15) is 4.79 Å². The Kier molecular flexibility index (Phi) is 5.16. The van der Waals surface area contributed by atoms with Gasteiger partial charge in [-0.25, -0.2) is 0 Å². The van der Waals surface area contributed by atoms with Crippen LogP contribution >= 0.6 is 11.3 Å². The molecule has 1 aromatic heterocycles. The number of methoxy groups -OCH3 is 1. The Balaban J connectivity index is 1.96. The Morgan fingerprint density at radius 3 is 3.17 bits per heavy atom. The Hall–Kier alpha value is -0.910. The predicted octanol–water partition coefficient (Wildman–Crippen LogP) is 1.48. The van der Waals surface area contributed by atoms with Gasteiger partial charge in [-0.15, -0.1) is 11.3 Å². The van der Waals surface area contributed by atoms with E-state index in [1.807, 2.05) is 16.3 Å². The van der Waals surface area contributed by atoms with E-state index in [0.29, 0.717) is 19.7 Å². The van der Waals surface area contributed by atoms with E-state index in [0.717, 1.165) is 19.4 Å². The second-order valence-electron chi connectivity index (χ2n) is 4.48. The van der Waals surface area contributed by atoms with E-state index in [4.69, 9.17) is 4.74 Å². The summed E-state index contributed by atoms with van der Waals surface area (Å²) in [6.07, 6.45) is 2.04. The van der Waals surface area contributed by atoms with Crippen molar-refractivity contribution in [2.75, 3.05) is 26.8 Å². The molecule has 0 spiro atoms. The number of carbonyl (C=O) groups excluding carboxylic acids is 1. The van der Waals surface area contributed by atoms with Crippen molar-refractivity contribution in [1.82, 2.24) is 10.2 Å². The second kappa shape index (κ2) is 6.87. The van der Waals surface area contributed by atoms with E-state index >= 15 is 0 Å². The summed E-state index contributed by atoms with van der Waals surface area (Å²) in [5.41, 5.74) is 0. The van der Waals surface area contributed by atoms with Crippen molar-refractivity contribution in [2.24, 2.45) is 0 Å². The van der Waals surface area contributed by atoms with Gasteiger partial charge < -0.3 is 15.0 Å². The summed E-state index contributed by atoms with van der Waals surface area (Å²) in [6, 6.07) is 4.09. The first-order valence-electron chi connectivity index (χ1n) is 6.34. The van der Waals surface area contributed by atoms with Gasteiger partial charge in [0.05, 0.1) is 19.2 Å². The van der Waals surface area contributed by atoms with E-state index in [2.05, 4.69) is 11.4 Å². The maximum absolute atomic E-state index is 12.4. The lowest BCUT2D eigenvalue weighted by molar-refractivity contribution is -0.134. The minimum absolute atomic E-state index is 0.00168. The van der Waals surface area contributed by atoms with Crippen molar-refractivity contribution in [3.8, 4) is 0 Å². The van der Waals surface area contributed by atoms with Crippen molar-refractivity contribution in [2.45, 2.75) is 25.4 Å². The summed E-state index contributed by atoms with van der Waals surface area (Å²) in [5, 5.41) is 5.31. The molecule has 100 valence electrons. The highest BCUT2D eigenvalue weighted by Gasteiger charge is 2.26. The number of hydrogen-bond donors (Lipinski definition) is 1. The molecule has 0 aliphatic carbocycles. The lowest BCUT2D eigenvalue weighted by Gasteiger charge is -2.25. The van der Waals surface area contributed by atoms with Crippen molar-refractivity contribution in [1.29, 1.82) is 0 Å². The summed E-state index contributed by atoms with van der Waals surface area (Å²) in [5.74, 6) is 0.206. The first-order valence-corrected chi connectivity index (χ1v) is 7.22. The summed E-state index contributed by atoms with van der Waals surface area (Å²) in [7, 11) is 1.67. The monoisotopic (exact) mass is 268 g/mol. The number of hydrogen-bond acceptors (Lipinski definition) is 4. The molecular formula is C13H20N2O2S. The molecular weight excluding hydrogens is 248 g/mol. The standard InChI is InChI=1S/C13H20N2O2S/c1-17-8-7-15(10-11-4-3-9-18-11)13(16)12-5-2-6-14-12/h3-4,9,12,14H,2,5-8,10H2,1H3/t12-/m1/s1. The first-order chi connectivity index (χ1) is 8.81. The molecule has 1 saturated heterocycles. The van der Waals surface area contributed by atoms with Crippen LogP contribution < -0.4 is 5.32 Å². The van der Waals surface area contributed by atoms with Gasteiger partial charge in [0.1, 0.15) is 0 Å². The maximum atomic E-state index is 12.4. The van der Waals surface area contributed by atoms with Gasteiger partial charge in [-0.1, -0.05) is 6.07 Å². The molecule has 1 N–H and O–H groups in total. The molecule has 1 aliphatic rings. The number of carbonyl (C=O) groups is 1. The summed E-state index contributed by atoms with van der Waals surface area (Å²) in [4.78, 5) is 15.5. The zero-order valence-electron chi connectivity index (χ0n) is 10.7. The predicted molar refractivity (Wildman–Crippen MR) is 72.6 cm³/mol. The third-order valence-electron chi connectivity index (χ3n) is 3.16. The molecule has 1 aromatic rings. The third-order valence-corrected chi connectivity index (χ3v) is 4.02. The minimum Gasteiger partial charge on any atom is -0.383 e. The zero-order chi connectivity index (χ0) is 12.8. The first kappa shape index (κ1) is 13.5. The van der Waals surface area contributed by atoms with Gasteiger partial charge in [0, 0.05) is 18.5 Å². The van der Waals surface area contributed by atoms with Crippen LogP contribution in [-0.2, 0) is 16.1 Å². The lowest BCUT2D eigenvalue weighted by atomic mass is 10.2. The molecule has 5 heteroatoms. The van der Waals surface area contributed by atoms with E-state index < -0.39 is 0 Å². The lowest BCUT2D eigenvalue weighted by Crippen LogP contribution is -2.44. The highest BCUT2D eigenvalue weighted by molar-refractivity contribution is 7.09. The van der Waals surface area contributed by atoms with Gasteiger partial charge in [0.15, 0.2) is 0 Å². The Morgan fingerprint density at radius 1 is 1.67 bits per heavy atom. The zero-order valence-corrected chi connectivity index (χ0v) is 11.5. The largest absolute Gasteiger partial charge is 0.383 e. The van der Waals surface area contributed by atoms with E-state index in [-0.39, 0.29) is 11.9 Å². The Morgan fingerprint density at radius 2 is 2.56 bits per heavy atom. The molecule has 2 heterocycles. The molecule has 1 atom stereocenters. The van der Waals surface area contributed by atoms with E-state index in [1.54, 1.807) is 18.4 Å². The van der Waals surface area contributed by atoms with Crippen molar-refractivity contribution in [3.05, 3.63) is 22.4 Å². The smallest absolute Gasteiger partial charge is 0.240 e. The van der Waals surface area contributed by atoms with Crippen molar-refractivity contribution in [3.63, 3.8) is 0 Å². The topological polar surface area (TPSA) is 41.6 Å². The van der Waals surface area contributed by atoms with Crippen molar-refractivity contribution < 1.29 is 9.53 Å². The fraction of sp³-hybridized carbons (Fsp3) is 0.615. The second-order valence-corrected chi connectivity index (χ2v) is 5.51. The number of nitrogens with zero attached hydrogens (tertiary/aromatic N) is 1. The number of ether oxygens (including phenoxy) is 1. The molecule has 0 saturated carbocycles. The molecule has 0 unspecified atom stereocenters. The van der Waals surface area contributed by atoms with Gasteiger partial charge >= 0.3 is 0 Å². The van der Waals surface area contributed by atoms with Gasteiger partial charge in [-0.3, -0.25) is 4.79 Å². The molecule has 0 aromatic carbocycles. The van der Waals surface area contributed by atoms with Gasteiger partial charge in [0.25, 0.3) is 0 Å². The molecule has 2 rings (SSSR count). The van der Waals surface area contributed by atoms with Crippen LogP contribution in [0.25, 0.3) is 0 Å². The fourth-order valence-corrected chi connectivity index (χ4v) is 2.89. The van der Waals surface area contributed by atoms with Crippen LogP contribution in [-0.4, -0.2) is 43.7 Å². The fourth-order valence-electron chi connectivity index (χ4n) is 2.18. The van der Waals surface area contributed by atoms with Crippen LogP contribution in [0.2, 0.25) is 0 Å². The summed E-state index contributed by atoms with van der Waals surface area (Å²) in [6.45, 7) is 2.89. The van der Waals surface area contributed by atoms with Gasteiger partial charge in [0.2, 0.25) is 5.91 Å². The quantitative estimate of drug-likeness (QED) is 0.849. The number of rotatable bonds is 6. The minimum atomic E-state index is 0.00168. The third kappa shape index (κ3) is 3.54. The van der Waals surface area contributed by atoms with E-state index in [1.165, 1.54) is 4.88 Å². The maximum Gasteiger partial charge on any atom is 0.240 e. The molecule has 1 aliphatic heterocycles. The normalized spacial score (nSPS) is 19.1. The average Bonchev–Trinajstić information content (AvgIpc) is 3.06. The van der Waals surface area contributed by atoms with Crippen LogP contribution in [0.3, 0.4) is 0 Å². The highest BCUT2D eigenvalue weighted by atomic mass is 32.1. The Bertz CT molecular complexity index is 361. The Labute approximate surface area is 112 Å². The molecule has 1 fully saturated rings.